The summed E-state index contributed by atoms with van der Waals surface area (Å²) >= 11 is 7.08. The first-order valence-corrected chi connectivity index (χ1v) is 7.26. The van der Waals surface area contributed by atoms with Gasteiger partial charge in [0.2, 0.25) is 0 Å². The molecule has 0 bridgehead atoms. The van der Waals surface area contributed by atoms with Crippen LogP contribution in [0, 0.1) is 0 Å². The fourth-order valence-corrected chi connectivity index (χ4v) is 1.77. The van der Waals surface area contributed by atoms with Gasteiger partial charge in [-0.1, -0.05) is 15.9 Å². The van der Waals surface area contributed by atoms with Crippen LogP contribution in [0.15, 0.2) is 0 Å². The van der Waals surface area contributed by atoms with Crippen molar-refractivity contribution in [1.29, 1.82) is 0 Å². The van der Waals surface area contributed by atoms with E-state index < -0.39 is 0 Å². The van der Waals surface area contributed by atoms with Gasteiger partial charge in [-0.15, -0.1) is 0 Å². The summed E-state index contributed by atoms with van der Waals surface area (Å²) in [7, 11) is 0. The Morgan fingerprint density at radius 3 is 2.12 bits per heavy atom. The van der Waals surface area contributed by atoms with Crippen LogP contribution in [-0.4, -0.2) is 40.8 Å². The van der Waals surface area contributed by atoms with E-state index in [1.807, 2.05) is 20.8 Å². The number of halogens is 1. The highest BCUT2D eigenvalue weighted by Gasteiger charge is 2.25. The van der Waals surface area contributed by atoms with Gasteiger partial charge < -0.3 is 9.64 Å². The molecule has 0 spiro atoms. The molecule has 0 aromatic carbocycles. The third kappa shape index (κ3) is 6.63. The Morgan fingerprint density at radius 2 is 1.75 bits per heavy atom. The minimum absolute atomic E-state index is 0.183. The maximum atomic E-state index is 11.6. The van der Waals surface area contributed by atoms with Gasteiger partial charge in [-0.2, -0.15) is 12.6 Å². The molecule has 1 rings (SSSR count). The lowest BCUT2D eigenvalue weighted by molar-refractivity contribution is 0.0220. The molecule has 3 nitrogen and oxygen atoms in total. The number of carbonyl (C=O) groups is 1. The van der Waals surface area contributed by atoms with Gasteiger partial charge in [0.1, 0.15) is 5.60 Å². The molecule has 1 heterocycles. The minimum Gasteiger partial charge on any atom is -0.444 e. The SMILES string of the molecule is CC(C)(C)OC(=O)N1CCC(Br)CC1.CS. The zero-order valence-electron chi connectivity index (χ0n) is 10.5. The molecule has 1 fully saturated rings. The highest BCUT2D eigenvalue weighted by Crippen LogP contribution is 2.19. The molecule has 1 aliphatic heterocycles. The number of hydrogen-bond acceptors (Lipinski definition) is 3. The van der Waals surface area contributed by atoms with E-state index in [1.165, 1.54) is 0 Å². The lowest BCUT2D eigenvalue weighted by Crippen LogP contribution is -2.41. The smallest absolute Gasteiger partial charge is 0.410 e. The highest BCUT2D eigenvalue weighted by atomic mass is 79.9. The van der Waals surface area contributed by atoms with Crippen molar-refractivity contribution >= 4 is 34.7 Å². The summed E-state index contributed by atoms with van der Waals surface area (Å²) in [6, 6.07) is 0. The number of alkyl halides is 1. The Labute approximate surface area is 112 Å². The number of carbonyl (C=O) groups excluding carboxylic acids is 1. The monoisotopic (exact) mass is 311 g/mol. The Balaban J connectivity index is 0.00000106. The molecule has 0 aliphatic carbocycles. The van der Waals surface area contributed by atoms with Crippen LogP contribution in [0.5, 0.6) is 0 Å². The largest absolute Gasteiger partial charge is 0.444 e. The van der Waals surface area contributed by atoms with E-state index >= 15 is 0 Å². The van der Waals surface area contributed by atoms with Gasteiger partial charge in [0.25, 0.3) is 0 Å². The van der Waals surface area contributed by atoms with Crippen molar-refractivity contribution in [2.24, 2.45) is 0 Å². The first-order chi connectivity index (χ1) is 7.38. The van der Waals surface area contributed by atoms with Crippen LogP contribution in [0.25, 0.3) is 0 Å². The van der Waals surface area contributed by atoms with E-state index in [4.69, 9.17) is 4.74 Å². The molecule has 16 heavy (non-hydrogen) atoms. The first kappa shape index (κ1) is 16.1. The van der Waals surface area contributed by atoms with Gasteiger partial charge in [-0.25, -0.2) is 4.79 Å². The quantitative estimate of drug-likeness (QED) is 0.549. The van der Waals surface area contributed by atoms with Crippen molar-refractivity contribution in [2.75, 3.05) is 19.3 Å². The summed E-state index contributed by atoms with van der Waals surface area (Å²) in [5, 5.41) is 0. The van der Waals surface area contributed by atoms with Crippen molar-refractivity contribution in [3.05, 3.63) is 0 Å². The summed E-state index contributed by atoms with van der Waals surface area (Å²) in [4.78, 5) is 13.9. The number of hydrogen-bond donors (Lipinski definition) is 1. The number of ether oxygens (including phenoxy) is 1. The number of nitrogens with zero attached hydrogens (tertiary/aromatic N) is 1. The van der Waals surface area contributed by atoms with Crippen LogP contribution < -0.4 is 0 Å². The molecular formula is C11H22BrNO2S. The summed E-state index contributed by atoms with van der Waals surface area (Å²) in [5.74, 6) is 0. The van der Waals surface area contributed by atoms with E-state index in [2.05, 4.69) is 28.6 Å². The molecule has 0 N–H and O–H groups in total. The summed E-state index contributed by atoms with van der Waals surface area (Å²) in [5.41, 5.74) is -0.387. The lowest BCUT2D eigenvalue weighted by atomic mass is 10.1. The van der Waals surface area contributed by atoms with Crippen LogP contribution in [0.4, 0.5) is 4.79 Å². The van der Waals surface area contributed by atoms with E-state index in [-0.39, 0.29) is 11.7 Å². The van der Waals surface area contributed by atoms with Crippen molar-refractivity contribution in [2.45, 2.75) is 44.0 Å². The average Bonchev–Trinajstić information content (AvgIpc) is 2.19. The molecule has 0 atom stereocenters. The van der Waals surface area contributed by atoms with Crippen molar-refractivity contribution in [3.8, 4) is 0 Å². The summed E-state index contributed by atoms with van der Waals surface area (Å²) in [6.07, 6.45) is 3.54. The normalized spacial score (nSPS) is 17.5. The standard InChI is InChI=1S/C10H18BrNO2.CH4S/c1-10(2,3)14-9(13)12-6-4-8(11)5-7-12;1-2/h8H,4-7H2,1-3H3;2H,1H3. The van der Waals surface area contributed by atoms with Gasteiger partial charge in [-0.05, 0) is 39.9 Å². The van der Waals surface area contributed by atoms with Gasteiger partial charge >= 0.3 is 6.09 Å². The molecule has 1 aliphatic rings. The Hall–Kier alpha value is 0.100. The van der Waals surface area contributed by atoms with E-state index in [0.29, 0.717) is 4.83 Å². The number of piperidine rings is 1. The zero-order chi connectivity index (χ0) is 12.8. The Morgan fingerprint density at radius 1 is 1.31 bits per heavy atom. The lowest BCUT2D eigenvalue weighted by Gasteiger charge is -2.31. The second-order valence-electron chi connectivity index (χ2n) is 4.64. The maximum Gasteiger partial charge on any atom is 0.410 e. The number of thiol groups is 1. The molecule has 0 unspecified atom stereocenters. The zero-order valence-corrected chi connectivity index (χ0v) is 13.0. The minimum atomic E-state index is -0.387. The molecule has 0 aromatic heterocycles. The van der Waals surface area contributed by atoms with Crippen molar-refractivity contribution in [3.63, 3.8) is 0 Å². The van der Waals surface area contributed by atoms with Gasteiger partial charge in [0.05, 0.1) is 0 Å². The topological polar surface area (TPSA) is 29.5 Å². The van der Waals surface area contributed by atoms with Crippen LogP contribution in [0.2, 0.25) is 0 Å². The molecule has 1 amide bonds. The Bertz CT molecular complexity index is 211. The fraction of sp³-hybridized carbons (Fsp3) is 0.909. The van der Waals surface area contributed by atoms with Crippen molar-refractivity contribution in [1.82, 2.24) is 4.90 Å². The summed E-state index contributed by atoms with van der Waals surface area (Å²) < 4.78 is 5.28. The van der Waals surface area contributed by atoms with Crippen LogP contribution in [0.3, 0.4) is 0 Å². The second kappa shape index (κ2) is 7.43. The number of rotatable bonds is 0. The van der Waals surface area contributed by atoms with Crippen LogP contribution >= 0.6 is 28.6 Å². The maximum absolute atomic E-state index is 11.6. The third-order valence-electron chi connectivity index (χ3n) is 2.08. The predicted molar refractivity (Wildman–Crippen MR) is 74.7 cm³/mol. The number of amides is 1. The number of likely N-dealkylation sites (tertiary alicyclic amines) is 1. The van der Waals surface area contributed by atoms with Crippen LogP contribution in [0.1, 0.15) is 33.6 Å². The third-order valence-corrected chi connectivity index (χ3v) is 2.99. The molecule has 96 valence electrons. The first-order valence-electron chi connectivity index (χ1n) is 5.45. The Kier molecular flexibility index (Phi) is 7.48. The predicted octanol–water partition coefficient (Wildman–Crippen LogP) is 3.33. The second-order valence-corrected chi connectivity index (χ2v) is 5.94. The van der Waals surface area contributed by atoms with Gasteiger partial charge in [0.15, 0.2) is 0 Å². The molecular weight excluding hydrogens is 290 g/mol. The van der Waals surface area contributed by atoms with Gasteiger partial charge in [0, 0.05) is 17.9 Å². The van der Waals surface area contributed by atoms with E-state index in [1.54, 1.807) is 11.2 Å². The van der Waals surface area contributed by atoms with Crippen LogP contribution in [-0.2, 0) is 4.74 Å². The average molecular weight is 312 g/mol. The molecule has 0 aromatic rings. The molecule has 1 saturated heterocycles. The molecule has 5 heteroatoms. The van der Waals surface area contributed by atoms with E-state index in [0.717, 1.165) is 25.9 Å². The van der Waals surface area contributed by atoms with Gasteiger partial charge in [-0.3, -0.25) is 0 Å². The molecule has 0 radical (unpaired) electrons. The molecule has 0 saturated carbocycles. The van der Waals surface area contributed by atoms with E-state index in [9.17, 15) is 4.79 Å². The highest BCUT2D eigenvalue weighted by molar-refractivity contribution is 9.09. The van der Waals surface area contributed by atoms with Crippen molar-refractivity contribution < 1.29 is 9.53 Å². The summed E-state index contributed by atoms with van der Waals surface area (Å²) in [6.45, 7) is 7.27. The fourth-order valence-electron chi connectivity index (χ4n) is 1.36.